The Kier molecular flexibility index (Phi) is 3.68. The number of hydrogen-bond donors (Lipinski definition) is 1. The van der Waals surface area contributed by atoms with Gasteiger partial charge >= 0.3 is 0 Å². The molecule has 2 aromatic rings. The van der Waals surface area contributed by atoms with Crippen molar-refractivity contribution in [3.63, 3.8) is 0 Å². The van der Waals surface area contributed by atoms with Crippen LogP contribution in [0.3, 0.4) is 0 Å². The zero-order valence-electron chi connectivity index (χ0n) is 11.4. The van der Waals surface area contributed by atoms with Crippen LogP contribution in [0.2, 0.25) is 5.02 Å². The fourth-order valence-corrected chi connectivity index (χ4v) is 3.01. The van der Waals surface area contributed by atoms with Crippen LogP contribution in [0.15, 0.2) is 24.4 Å². The molecule has 0 bridgehead atoms. The molecule has 5 heteroatoms. The highest BCUT2D eigenvalue weighted by atomic mass is 35.5. The number of nitrogens with one attached hydrogen (secondary N) is 1. The minimum Gasteiger partial charge on any atom is -0.379 e. The molecule has 0 saturated carbocycles. The maximum Gasteiger partial charge on any atom is 0.253 e. The van der Waals surface area contributed by atoms with Gasteiger partial charge in [0, 0.05) is 24.7 Å². The van der Waals surface area contributed by atoms with Crippen LogP contribution in [0.1, 0.15) is 29.7 Å². The van der Waals surface area contributed by atoms with Crippen LogP contribution in [0, 0.1) is 0 Å². The molecule has 1 fully saturated rings. The molecule has 0 spiro atoms. The second-order valence-electron chi connectivity index (χ2n) is 4.96. The lowest BCUT2D eigenvalue weighted by Crippen LogP contribution is -2.22. The van der Waals surface area contributed by atoms with E-state index < -0.39 is 0 Å². The Morgan fingerprint density at radius 2 is 2.40 bits per heavy atom. The van der Waals surface area contributed by atoms with Crippen molar-refractivity contribution in [3.05, 3.63) is 35.0 Å². The van der Waals surface area contributed by atoms with E-state index in [1.54, 1.807) is 0 Å². The van der Waals surface area contributed by atoms with Gasteiger partial charge in [-0.25, -0.2) is 0 Å². The van der Waals surface area contributed by atoms with Crippen molar-refractivity contribution in [3.8, 4) is 0 Å². The molecule has 0 aliphatic carbocycles. The number of carbonyl (C=O) groups is 1. The van der Waals surface area contributed by atoms with Gasteiger partial charge in [0.15, 0.2) is 0 Å². The average molecular weight is 293 g/mol. The molecule has 1 saturated heterocycles. The van der Waals surface area contributed by atoms with Gasteiger partial charge in [-0.1, -0.05) is 17.7 Å². The predicted molar refractivity (Wildman–Crippen MR) is 79.4 cm³/mol. The van der Waals surface area contributed by atoms with Gasteiger partial charge in [-0.2, -0.15) is 0 Å². The first-order valence-corrected chi connectivity index (χ1v) is 7.25. The molecule has 2 heterocycles. The highest BCUT2D eigenvalue weighted by molar-refractivity contribution is 6.36. The third kappa shape index (κ3) is 2.19. The zero-order valence-corrected chi connectivity index (χ0v) is 12.1. The summed E-state index contributed by atoms with van der Waals surface area (Å²) in [5.74, 6) is -0.0803. The Balaban J connectivity index is 2.16. The monoisotopic (exact) mass is 292 g/mol. The van der Waals surface area contributed by atoms with E-state index in [1.165, 1.54) is 0 Å². The first-order chi connectivity index (χ1) is 9.72. The zero-order chi connectivity index (χ0) is 14.1. The Bertz CT molecular complexity index is 645. The van der Waals surface area contributed by atoms with Crippen LogP contribution in [0.5, 0.6) is 0 Å². The molecule has 1 atom stereocenters. The highest BCUT2D eigenvalue weighted by Crippen LogP contribution is 2.33. The summed E-state index contributed by atoms with van der Waals surface area (Å²) >= 11 is 6.30. The van der Waals surface area contributed by atoms with Gasteiger partial charge in [0.1, 0.15) is 0 Å². The third-order valence-electron chi connectivity index (χ3n) is 3.69. The largest absolute Gasteiger partial charge is 0.379 e. The predicted octanol–water partition coefficient (Wildman–Crippen LogP) is 3.01. The second kappa shape index (κ2) is 5.46. The quantitative estimate of drug-likeness (QED) is 0.945. The van der Waals surface area contributed by atoms with Crippen LogP contribution >= 0.6 is 11.6 Å². The van der Waals surface area contributed by atoms with Crippen LogP contribution in [0.25, 0.3) is 10.9 Å². The maximum atomic E-state index is 12.2. The van der Waals surface area contributed by atoms with Crippen molar-refractivity contribution in [1.82, 2.24) is 9.88 Å². The lowest BCUT2D eigenvalue weighted by Gasteiger charge is -2.11. The minimum absolute atomic E-state index is 0.0803. The molecule has 3 rings (SSSR count). The lowest BCUT2D eigenvalue weighted by molar-refractivity contribution is 0.0957. The van der Waals surface area contributed by atoms with Crippen LogP contribution in [-0.4, -0.2) is 30.2 Å². The molecular weight excluding hydrogens is 276 g/mol. The summed E-state index contributed by atoms with van der Waals surface area (Å²) in [5.41, 5.74) is 1.63. The number of hydrogen-bond acceptors (Lipinski definition) is 2. The molecule has 4 nitrogen and oxygen atoms in total. The maximum absolute atomic E-state index is 12.2. The summed E-state index contributed by atoms with van der Waals surface area (Å²) in [4.78, 5) is 12.2. The number of amides is 1. The number of benzene rings is 1. The number of fused-ring (bicyclic) bond motifs is 1. The summed E-state index contributed by atoms with van der Waals surface area (Å²) < 4.78 is 7.58. The third-order valence-corrected chi connectivity index (χ3v) is 4.00. The van der Waals surface area contributed by atoms with E-state index in [0.717, 1.165) is 23.9 Å². The number of halogens is 1. The van der Waals surface area contributed by atoms with Gasteiger partial charge in [-0.3, -0.25) is 4.79 Å². The number of aromatic nitrogens is 1. The topological polar surface area (TPSA) is 43.3 Å². The van der Waals surface area contributed by atoms with Crippen LogP contribution in [-0.2, 0) is 4.74 Å². The number of nitrogens with zero attached hydrogens (tertiary/aromatic N) is 1. The van der Waals surface area contributed by atoms with Crippen molar-refractivity contribution in [2.75, 3.05) is 19.8 Å². The highest BCUT2D eigenvalue weighted by Gasteiger charge is 2.23. The van der Waals surface area contributed by atoms with E-state index >= 15 is 0 Å². The molecule has 0 radical (unpaired) electrons. The van der Waals surface area contributed by atoms with Crippen molar-refractivity contribution in [1.29, 1.82) is 0 Å². The number of carbonyl (C=O) groups excluding carboxylic acids is 1. The normalized spacial score (nSPS) is 18.6. The van der Waals surface area contributed by atoms with Crippen molar-refractivity contribution < 1.29 is 9.53 Å². The lowest BCUT2D eigenvalue weighted by atomic mass is 10.1. The van der Waals surface area contributed by atoms with E-state index in [9.17, 15) is 4.79 Å². The fourth-order valence-electron chi connectivity index (χ4n) is 2.74. The fraction of sp³-hybridized carbons (Fsp3) is 0.400. The van der Waals surface area contributed by atoms with Crippen LogP contribution < -0.4 is 5.32 Å². The SMILES string of the molecule is CCNC(=O)c1cn(C2CCOC2)c2cccc(Cl)c12. The van der Waals surface area contributed by atoms with E-state index in [1.807, 2.05) is 31.3 Å². The Morgan fingerprint density at radius 3 is 3.10 bits per heavy atom. The summed E-state index contributed by atoms with van der Waals surface area (Å²) in [5, 5.41) is 4.28. The molecule has 1 aromatic heterocycles. The van der Waals surface area contributed by atoms with Gasteiger partial charge in [-0.05, 0) is 25.5 Å². The number of ether oxygens (including phenoxy) is 1. The summed E-state index contributed by atoms with van der Waals surface area (Å²) in [6.45, 7) is 3.96. The van der Waals surface area contributed by atoms with Gasteiger partial charge in [0.25, 0.3) is 5.91 Å². The van der Waals surface area contributed by atoms with Gasteiger partial charge in [0.2, 0.25) is 0 Å². The van der Waals surface area contributed by atoms with Crippen molar-refractivity contribution >= 4 is 28.4 Å². The molecule has 1 amide bonds. The average Bonchev–Trinajstić information content (AvgIpc) is 3.06. The molecule has 20 heavy (non-hydrogen) atoms. The van der Waals surface area contributed by atoms with E-state index in [4.69, 9.17) is 16.3 Å². The van der Waals surface area contributed by atoms with Crippen molar-refractivity contribution in [2.24, 2.45) is 0 Å². The molecule has 1 N–H and O–H groups in total. The van der Waals surface area contributed by atoms with Crippen molar-refractivity contribution in [2.45, 2.75) is 19.4 Å². The molecule has 106 valence electrons. The van der Waals surface area contributed by atoms with Gasteiger partial charge < -0.3 is 14.6 Å². The summed E-state index contributed by atoms with van der Waals surface area (Å²) in [7, 11) is 0. The smallest absolute Gasteiger partial charge is 0.253 e. The summed E-state index contributed by atoms with van der Waals surface area (Å²) in [6, 6.07) is 6.02. The first-order valence-electron chi connectivity index (χ1n) is 6.87. The summed E-state index contributed by atoms with van der Waals surface area (Å²) in [6.07, 6.45) is 2.87. The number of rotatable bonds is 3. The second-order valence-corrected chi connectivity index (χ2v) is 5.37. The Morgan fingerprint density at radius 1 is 1.55 bits per heavy atom. The Hall–Kier alpha value is -1.52. The van der Waals surface area contributed by atoms with E-state index in [2.05, 4.69) is 9.88 Å². The van der Waals surface area contributed by atoms with Crippen LogP contribution in [0.4, 0.5) is 0 Å². The Labute approximate surface area is 122 Å². The molecule has 1 aliphatic rings. The minimum atomic E-state index is -0.0803. The molecule has 1 unspecified atom stereocenters. The van der Waals surface area contributed by atoms with Gasteiger partial charge in [-0.15, -0.1) is 0 Å². The molecular formula is C15H17ClN2O2. The van der Waals surface area contributed by atoms with E-state index in [-0.39, 0.29) is 11.9 Å². The molecule has 1 aromatic carbocycles. The first kappa shape index (κ1) is 13.5. The standard InChI is InChI=1S/C15H17ClN2O2/c1-2-17-15(19)11-8-18(10-6-7-20-9-10)13-5-3-4-12(16)14(11)13/h3-5,8,10H,2,6-7,9H2,1H3,(H,17,19). The van der Waals surface area contributed by atoms with Gasteiger partial charge in [0.05, 0.1) is 28.8 Å². The van der Waals surface area contributed by atoms with E-state index in [0.29, 0.717) is 23.7 Å². The molecule has 1 aliphatic heterocycles.